The van der Waals surface area contributed by atoms with Crippen LogP contribution in [0, 0.1) is 11.3 Å². The average molecular weight is 304 g/mol. The third-order valence-corrected chi connectivity index (χ3v) is 4.58. The summed E-state index contributed by atoms with van der Waals surface area (Å²) in [4.78, 5) is 10.6. The normalized spacial score (nSPS) is 12.5. The van der Waals surface area contributed by atoms with E-state index in [0.29, 0.717) is 0 Å². The highest BCUT2D eigenvalue weighted by molar-refractivity contribution is 7.92. The van der Waals surface area contributed by atoms with Crippen molar-refractivity contribution >= 4 is 27.4 Å². The van der Waals surface area contributed by atoms with Gasteiger partial charge in [-0.25, -0.2) is 13.2 Å². The summed E-state index contributed by atoms with van der Waals surface area (Å²) < 4.78 is 29.1. The number of halogens is 1. The van der Waals surface area contributed by atoms with Gasteiger partial charge in [-0.05, 0) is 19.1 Å². The molecule has 0 spiro atoms. The standard InChI is InChI=1S/C11H10ClNO5S/c1-6(5-13)19(16,17)9-4-7(12)3-8(11(14)15)10(9)18-2/h3-4,6H,1-2H3,(H,14,15). The summed E-state index contributed by atoms with van der Waals surface area (Å²) in [6, 6.07) is 3.74. The summed E-state index contributed by atoms with van der Waals surface area (Å²) in [7, 11) is -2.90. The number of hydrogen-bond acceptors (Lipinski definition) is 5. The van der Waals surface area contributed by atoms with Crippen LogP contribution in [0.1, 0.15) is 17.3 Å². The lowest BCUT2D eigenvalue weighted by Crippen LogP contribution is -2.18. The van der Waals surface area contributed by atoms with Crippen molar-refractivity contribution in [3.8, 4) is 11.8 Å². The number of carboxylic acid groups (broad SMARTS) is 1. The van der Waals surface area contributed by atoms with E-state index in [1.54, 1.807) is 6.07 Å². The molecule has 0 amide bonds. The molecule has 1 aromatic carbocycles. The van der Waals surface area contributed by atoms with Crippen molar-refractivity contribution in [3.05, 3.63) is 22.7 Å². The maximum absolute atomic E-state index is 12.1. The minimum Gasteiger partial charge on any atom is -0.494 e. The molecule has 0 bridgehead atoms. The molecule has 0 aliphatic carbocycles. The second kappa shape index (κ2) is 5.47. The molecule has 0 aromatic heterocycles. The van der Waals surface area contributed by atoms with Gasteiger partial charge in [0.2, 0.25) is 0 Å². The van der Waals surface area contributed by atoms with Crippen LogP contribution in [0.2, 0.25) is 5.02 Å². The van der Waals surface area contributed by atoms with Crippen molar-refractivity contribution in [1.29, 1.82) is 5.26 Å². The zero-order chi connectivity index (χ0) is 14.8. The van der Waals surface area contributed by atoms with E-state index < -0.39 is 26.0 Å². The largest absolute Gasteiger partial charge is 0.494 e. The highest BCUT2D eigenvalue weighted by Crippen LogP contribution is 2.33. The number of carboxylic acids is 1. The second-order valence-corrected chi connectivity index (χ2v) is 6.28. The van der Waals surface area contributed by atoms with Crippen LogP contribution in [-0.2, 0) is 9.84 Å². The maximum atomic E-state index is 12.1. The van der Waals surface area contributed by atoms with Crippen LogP contribution in [-0.4, -0.2) is 31.9 Å². The van der Waals surface area contributed by atoms with Gasteiger partial charge >= 0.3 is 5.97 Å². The van der Waals surface area contributed by atoms with Gasteiger partial charge in [-0.2, -0.15) is 5.26 Å². The molecule has 1 aromatic rings. The van der Waals surface area contributed by atoms with Gasteiger partial charge in [-0.1, -0.05) is 11.6 Å². The van der Waals surface area contributed by atoms with Crippen LogP contribution in [0.5, 0.6) is 5.75 Å². The molecule has 0 saturated heterocycles. The summed E-state index contributed by atoms with van der Waals surface area (Å²) in [5.41, 5.74) is -0.376. The first-order valence-corrected chi connectivity index (χ1v) is 6.92. The van der Waals surface area contributed by atoms with Crippen molar-refractivity contribution in [2.75, 3.05) is 7.11 Å². The van der Waals surface area contributed by atoms with Gasteiger partial charge in [0.05, 0.1) is 13.2 Å². The summed E-state index contributed by atoms with van der Waals surface area (Å²) in [5, 5.41) is 16.3. The fraction of sp³-hybridized carbons (Fsp3) is 0.273. The smallest absolute Gasteiger partial charge is 0.339 e. The number of methoxy groups -OCH3 is 1. The van der Waals surface area contributed by atoms with E-state index >= 15 is 0 Å². The van der Waals surface area contributed by atoms with E-state index in [-0.39, 0.29) is 16.3 Å². The molecule has 1 unspecified atom stereocenters. The Morgan fingerprint density at radius 2 is 2.11 bits per heavy atom. The zero-order valence-electron chi connectivity index (χ0n) is 10.0. The molecular weight excluding hydrogens is 294 g/mol. The minimum atomic E-state index is -4.04. The topological polar surface area (TPSA) is 104 Å². The van der Waals surface area contributed by atoms with Gasteiger partial charge in [0, 0.05) is 5.02 Å². The summed E-state index contributed by atoms with van der Waals surface area (Å²) in [6.07, 6.45) is 0. The number of ether oxygens (including phenoxy) is 1. The lowest BCUT2D eigenvalue weighted by Gasteiger charge is -2.13. The Kier molecular flexibility index (Phi) is 4.39. The number of nitriles is 1. The third kappa shape index (κ3) is 2.80. The number of aromatic carboxylic acids is 1. The Balaban J connectivity index is 3.71. The van der Waals surface area contributed by atoms with Crippen molar-refractivity contribution in [1.82, 2.24) is 0 Å². The molecule has 0 heterocycles. The molecule has 102 valence electrons. The molecule has 0 saturated carbocycles. The molecule has 19 heavy (non-hydrogen) atoms. The first-order chi connectivity index (χ1) is 8.75. The molecule has 1 atom stereocenters. The second-order valence-electron chi connectivity index (χ2n) is 3.61. The van der Waals surface area contributed by atoms with Gasteiger partial charge < -0.3 is 9.84 Å². The van der Waals surface area contributed by atoms with Crippen LogP contribution in [0.4, 0.5) is 0 Å². The SMILES string of the molecule is COc1c(C(=O)O)cc(Cl)cc1S(=O)(=O)C(C)C#N. The fourth-order valence-corrected chi connectivity index (χ4v) is 2.95. The molecule has 0 aliphatic heterocycles. The lowest BCUT2D eigenvalue weighted by molar-refractivity contribution is 0.0693. The molecule has 6 nitrogen and oxygen atoms in total. The van der Waals surface area contributed by atoms with Crippen LogP contribution in [0.3, 0.4) is 0 Å². The van der Waals surface area contributed by atoms with E-state index in [0.717, 1.165) is 19.2 Å². The summed E-state index contributed by atoms with van der Waals surface area (Å²) in [5.74, 6) is -1.71. The molecule has 0 radical (unpaired) electrons. The van der Waals surface area contributed by atoms with Crippen molar-refractivity contribution < 1.29 is 23.1 Å². The van der Waals surface area contributed by atoms with E-state index in [4.69, 9.17) is 26.7 Å². The van der Waals surface area contributed by atoms with Crippen molar-refractivity contribution in [3.63, 3.8) is 0 Å². The molecule has 0 aliphatic rings. The van der Waals surface area contributed by atoms with E-state index in [2.05, 4.69) is 0 Å². The first-order valence-electron chi connectivity index (χ1n) is 5.00. The van der Waals surface area contributed by atoms with Crippen molar-refractivity contribution in [2.45, 2.75) is 17.1 Å². The highest BCUT2D eigenvalue weighted by atomic mass is 35.5. The number of benzene rings is 1. The lowest BCUT2D eigenvalue weighted by atomic mass is 10.2. The summed E-state index contributed by atoms with van der Waals surface area (Å²) in [6.45, 7) is 1.19. The molecule has 0 fully saturated rings. The van der Waals surface area contributed by atoms with Gasteiger partial charge in [0.1, 0.15) is 15.7 Å². The zero-order valence-corrected chi connectivity index (χ0v) is 11.6. The number of hydrogen-bond donors (Lipinski definition) is 1. The fourth-order valence-electron chi connectivity index (χ4n) is 1.41. The Hall–Kier alpha value is -1.78. The van der Waals surface area contributed by atoms with E-state index in [1.165, 1.54) is 6.92 Å². The average Bonchev–Trinajstić information content (AvgIpc) is 2.36. The Morgan fingerprint density at radius 1 is 1.53 bits per heavy atom. The molecule has 1 rings (SSSR count). The van der Waals surface area contributed by atoms with Crippen LogP contribution in [0.15, 0.2) is 17.0 Å². The predicted molar refractivity (Wildman–Crippen MR) is 67.2 cm³/mol. The van der Waals surface area contributed by atoms with Gasteiger partial charge in [0.15, 0.2) is 15.6 Å². The third-order valence-electron chi connectivity index (χ3n) is 2.41. The predicted octanol–water partition coefficient (Wildman–Crippen LogP) is 1.73. The molecule has 1 N–H and O–H groups in total. The van der Waals surface area contributed by atoms with E-state index in [1.807, 2.05) is 0 Å². The van der Waals surface area contributed by atoms with Gasteiger partial charge in [0.25, 0.3) is 0 Å². The van der Waals surface area contributed by atoms with Crippen LogP contribution >= 0.6 is 11.6 Å². The van der Waals surface area contributed by atoms with Gasteiger partial charge in [-0.15, -0.1) is 0 Å². The number of sulfone groups is 1. The Bertz CT molecular complexity index is 662. The quantitative estimate of drug-likeness (QED) is 0.908. The Morgan fingerprint density at radius 3 is 2.53 bits per heavy atom. The van der Waals surface area contributed by atoms with Gasteiger partial charge in [-0.3, -0.25) is 0 Å². The highest BCUT2D eigenvalue weighted by Gasteiger charge is 2.30. The van der Waals surface area contributed by atoms with Crippen LogP contribution < -0.4 is 4.74 Å². The minimum absolute atomic E-state index is 0.0677. The van der Waals surface area contributed by atoms with Crippen molar-refractivity contribution in [2.24, 2.45) is 0 Å². The number of nitrogens with zero attached hydrogens (tertiary/aromatic N) is 1. The molecule has 8 heteroatoms. The van der Waals surface area contributed by atoms with Crippen LogP contribution in [0.25, 0.3) is 0 Å². The summed E-state index contributed by atoms with van der Waals surface area (Å²) >= 11 is 5.71. The monoisotopic (exact) mass is 303 g/mol. The number of rotatable bonds is 4. The number of carbonyl (C=O) groups is 1. The van der Waals surface area contributed by atoms with E-state index in [9.17, 15) is 13.2 Å². The maximum Gasteiger partial charge on any atom is 0.339 e. The Labute approximate surface area is 115 Å². The molecular formula is C11H10ClNO5S. The first kappa shape index (κ1) is 15.3.